The highest BCUT2D eigenvalue weighted by Crippen LogP contribution is 2.35. The standard InChI is InChI=1S/C14H21NO2/c1-4-11(8-15-3)6-12-7-14-13(5-10(12)2)16-9-17-14/h5,7,11,15H,4,6,8-9H2,1-3H3. The summed E-state index contributed by atoms with van der Waals surface area (Å²) >= 11 is 0. The molecule has 1 aromatic carbocycles. The van der Waals surface area contributed by atoms with Crippen LogP contribution in [0.2, 0.25) is 0 Å². The lowest BCUT2D eigenvalue weighted by atomic mass is 9.94. The molecule has 3 heteroatoms. The summed E-state index contributed by atoms with van der Waals surface area (Å²) in [6.45, 7) is 5.80. The first-order chi connectivity index (χ1) is 8.24. The van der Waals surface area contributed by atoms with Crippen LogP contribution in [0, 0.1) is 12.8 Å². The molecule has 0 saturated heterocycles. The number of aryl methyl sites for hydroxylation is 1. The van der Waals surface area contributed by atoms with Gasteiger partial charge in [0.15, 0.2) is 11.5 Å². The van der Waals surface area contributed by atoms with E-state index in [1.165, 1.54) is 17.5 Å². The van der Waals surface area contributed by atoms with Gasteiger partial charge in [0, 0.05) is 0 Å². The van der Waals surface area contributed by atoms with Crippen LogP contribution in [0.1, 0.15) is 24.5 Å². The molecule has 0 fully saturated rings. The van der Waals surface area contributed by atoms with Gasteiger partial charge >= 0.3 is 0 Å². The molecule has 17 heavy (non-hydrogen) atoms. The van der Waals surface area contributed by atoms with E-state index < -0.39 is 0 Å². The lowest BCUT2D eigenvalue weighted by Crippen LogP contribution is -2.20. The van der Waals surface area contributed by atoms with E-state index in [0.29, 0.717) is 12.7 Å². The van der Waals surface area contributed by atoms with Crippen molar-refractivity contribution in [3.63, 3.8) is 0 Å². The molecular formula is C14H21NO2. The highest BCUT2D eigenvalue weighted by molar-refractivity contribution is 5.48. The van der Waals surface area contributed by atoms with Gasteiger partial charge in [-0.3, -0.25) is 0 Å². The van der Waals surface area contributed by atoms with Gasteiger partial charge in [-0.15, -0.1) is 0 Å². The molecule has 1 aromatic rings. The van der Waals surface area contributed by atoms with Crippen LogP contribution < -0.4 is 14.8 Å². The SMILES string of the molecule is CCC(CNC)Cc1cc2c(cc1C)OCO2. The van der Waals surface area contributed by atoms with Crippen molar-refractivity contribution >= 4 is 0 Å². The average Bonchev–Trinajstić information content (AvgIpc) is 2.75. The van der Waals surface area contributed by atoms with Crippen LogP contribution >= 0.6 is 0 Å². The fourth-order valence-electron chi connectivity index (χ4n) is 2.27. The Balaban J connectivity index is 2.15. The molecule has 0 radical (unpaired) electrons. The number of hydrogen-bond donors (Lipinski definition) is 1. The molecule has 0 bridgehead atoms. The summed E-state index contributed by atoms with van der Waals surface area (Å²) in [5, 5.41) is 3.25. The molecule has 1 atom stereocenters. The van der Waals surface area contributed by atoms with Crippen molar-refractivity contribution in [2.24, 2.45) is 5.92 Å². The Bertz CT molecular complexity index is 390. The summed E-state index contributed by atoms with van der Waals surface area (Å²) in [6, 6.07) is 4.22. The molecule has 0 saturated carbocycles. The lowest BCUT2D eigenvalue weighted by Gasteiger charge is -2.16. The molecular weight excluding hydrogens is 214 g/mol. The maximum absolute atomic E-state index is 5.43. The monoisotopic (exact) mass is 235 g/mol. The fourth-order valence-corrected chi connectivity index (χ4v) is 2.27. The maximum atomic E-state index is 5.43. The normalized spacial score (nSPS) is 15.0. The first-order valence-corrected chi connectivity index (χ1v) is 6.28. The van der Waals surface area contributed by atoms with Crippen molar-refractivity contribution in [2.75, 3.05) is 20.4 Å². The molecule has 0 aromatic heterocycles. The number of ether oxygens (including phenoxy) is 2. The zero-order valence-electron chi connectivity index (χ0n) is 10.9. The number of benzene rings is 1. The van der Waals surface area contributed by atoms with Crippen LogP contribution in [-0.2, 0) is 6.42 Å². The quantitative estimate of drug-likeness (QED) is 0.850. The van der Waals surface area contributed by atoms with Gasteiger partial charge in [-0.25, -0.2) is 0 Å². The predicted octanol–water partition coefficient (Wildman–Crippen LogP) is 2.51. The summed E-state index contributed by atoms with van der Waals surface area (Å²) in [6.07, 6.45) is 2.29. The molecule has 0 aliphatic carbocycles. The van der Waals surface area contributed by atoms with E-state index in [4.69, 9.17) is 9.47 Å². The molecule has 1 aliphatic rings. The van der Waals surface area contributed by atoms with Crippen LogP contribution in [-0.4, -0.2) is 20.4 Å². The van der Waals surface area contributed by atoms with Gasteiger partial charge < -0.3 is 14.8 Å². The smallest absolute Gasteiger partial charge is 0.231 e. The van der Waals surface area contributed by atoms with E-state index in [1.807, 2.05) is 7.05 Å². The van der Waals surface area contributed by atoms with E-state index >= 15 is 0 Å². The van der Waals surface area contributed by atoms with Crippen molar-refractivity contribution in [3.8, 4) is 11.5 Å². The minimum atomic E-state index is 0.353. The third-order valence-electron chi connectivity index (χ3n) is 3.41. The Hall–Kier alpha value is -1.22. The van der Waals surface area contributed by atoms with E-state index in [-0.39, 0.29) is 0 Å². The van der Waals surface area contributed by atoms with Gasteiger partial charge in [0.1, 0.15) is 0 Å². The highest BCUT2D eigenvalue weighted by atomic mass is 16.7. The van der Waals surface area contributed by atoms with Gasteiger partial charge in [0.2, 0.25) is 6.79 Å². The molecule has 1 heterocycles. The van der Waals surface area contributed by atoms with Crippen LogP contribution in [0.4, 0.5) is 0 Å². The molecule has 94 valence electrons. The van der Waals surface area contributed by atoms with Crippen LogP contribution in [0.15, 0.2) is 12.1 Å². The van der Waals surface area contributed by atoms with Crippen molar-refractivity contribution < 1.29 is 9.47 Å². The maximum Gasteiger partial charge on any atom is 0.231 e. The zero-order chi connectivity index (χ0) is 12.3. The number of nitrogens with one attached hydrogen (secondary N) is 1. The van der Waals surface area contributed by atoms with Crippen LogP contribution in [0.3, 0.4) is 0 Å². The van der Waals surface area contributed by atoms with Crippen molar-refractivity contribution in [2.45, 2.75) is 26.7 Å². The average molecular weight is 235 g/mol. The van der Waals surface area contributed by atoms with Crippen molar-refractivity contribution in [3.05, 3.63) is 23.3 Å². The number of fused-ring (bicyclic) bond motifs is 1. The fraction of sp³-hybridized carbons (Fsp3) is 0.571. The second-order valence-electron chi connectivity index (χ2n) is 4.67. The molecule has 1 aliphatic heterocycles. The summed E-state index contributed by atoms with van der Waals surface area (Å²) < 4.78 is 10.8. The molecule has 0 spiro atoms. The second-order valence-corrected chi connectivity index (χ2v) is 4.67. The van der Waals surface area contributed by atoms with E-state index in [9.17, 15) is 0 Å². The topological polar surface area (TPSA) is 30.5 Å². The Kier molecular flexibility index (Phi) is 3.89. The van der Waals surface area contributed by atoms with Crippen LogP contribution in [0.5, 0.6) is 11.5 Å². The van der Waals surface area contributed by atoms with E-state index in [2.05, 4.69) is 31.3 Å². The third kappa shape index (κ3) is 2.72. The Morgan fingerprint density at radius 2 is 2.00 bits per heavy atom. The zero-order valence-corrected chi connectivity index (χ0v) is 10.9. The van der Waals surface area contributed by atoms with Crippen molar-refractivity contribution in [1.82, 2.24) is 5.32 Å². The number of rotatable bonds is 5. The summed E-state index contributed by atoms with van der Waals surface area (Å²) in [5.74, 6) is 2.46. The predicted molar refractivity (Wildman–Crippen MR) is 68.7 cm³/mol. The van der Waals surface area contributed by atoms with Gasteiger partial charge in [0.05, 0.1) is 0 Å². The summed E-state index contributed by atoms with van der Waals surface area (Å²) in [7, 11) is 2.01. The third-order valence-corrected chi connectivity index (χ3v) is 3.41. The van der Waals surface area contributed by atoms with Gasteiger partial charge in [0.25, 0.3) is 0 Å². The molecule has 1 N–H and O–H groups in total. The molecule has 2 rings (SSSR count). The summed E-state index contributed by atoms with van der Waals surface area (Å²) in [5.41, 5.74) is 2.67. The summed E-state index contributed by atoms with van der Waals surface area (Å²) in [4.78, 5) is 0. The largest absolute Gasteiger partial charge is 0.454 e. The Labute approximate surface area is 103 Å². The van der Waals surface area contributed by atoms with E-state index in [1.54, 1.807) is 0 Å². The van der Waals surface area contributed by atoms with Crippen molar-refractivity contribution in [1.29, 1.82) is 0 Å². The Morgan fingerprint density at radius 3 is 2.65 bits per heavy atom. The number of hydrogen-bond acceptors (Lipinski definition) is 3. The molecule has 3 nitrogen and oxygen atoms in total. The Morgan fingerprint density at radius 1 is 1.29 bits per heavy atom. The minimum Gasteiger partial charge on any atom is -0.454 e. The first kappa shape index (κ1) is 12.2. The van der Waals surface area contributed by atoms with Gasteiger partial charge in [-0.2, -0.15) is 0 Å². The van der Waals surface area contributed by atoms with E-state index in [0.717, 1.165) is 24.5 Å². The first-order valence-electron chi connectivity index (χ1n) is 6.28. The van der Waals surface area contributed by atoms with Crippen LogP contribution in [0.25, 0.3) is 0 Å². The minimum absolute atomic E-state index is 0.353. The highest BCUT2D eigenvalue weighted by Gasteiger charge is 2.17. The second kappa shape index (κ2) is 5.41. The van der Waals surface area contributed by atoms with Gasteiger partial charge in [-0.05, 0) is 56.1 Å². The molecule has 0 amide bonds. The molecule has 1 unspecified atom stereocenters. The van der Waals surface area contributed by atoms with Gasteiger partial charge in [-0.1, -0.05) is 13.3 Å². The lowest BCUT2D eigenvalue weighted by molar-refractivity contribution is 0.174.